The van der Waals surface area contributed by atoms with Crippen LogP contribution in [-0.4, -0.2) is 97.1 Å². The van der Waals surface area contributed by atoms with Crippen molar-refractivity contribution in [1.29, 1.82) is 0 Å². The first kappa shape index (κ1) is 29.8. The first-order valence-electron chi connectivity index (χ1n) is 12.2. The molecule has 2 heterocycles. The van der Waals surface area contributed by atoms with Crippen LogP contribution in [0.5, 0.6) is 0 Å². The Morgan fingerprint density at radius 3 is 1.22 bits per heavy atom. The van der Waals surface area contributed by atoms with E-state index in [9.17, 15) is 28.8 Å². The zero-order chi connectivity index (χ0) is 27.5. The van der Waals surface area contributed by atoms with Crippen LogP contribution < -0.4 is 0 Å². The van der Waals surface area contributed by atoms with Gasteiger partial charge in [0.25, 0.3) is 23.6 Å². The minimum atomic E-state index is -0.999. The van der Waals surface area contributed by atoms with Crippen molar-refractivity contribution in [3.8, 4) is 0 Å². The lowest BCUT2D eigenvalue weighted by Gasteiger charge is -2.27. The van der Waals surface area contributed by atoms with Crippen LogP contribution in [0.1, 0.15) is 34.1 Å². The average Bonchev–Trinajstić information content (AvgIpc) is 3.33. The Bertz CT molecular complexity index is 830. The van der Waals surface area contributed by atoms with Gasteiger partial charge in [0.05, 0.1) is 13.2 Å². The number of amides is 4. The number of hydrogen-bond donors (Lipinski definition) is 0. The van der Waals surface area contributed by atoms with Crippen LogP contribution in [0, 0.1) is 11.8 Å². The number of ether oxygens (including phenoxy) is 4. The topological polar surface area (TPSA) is 146 Å². The molecule has 12 heteroatoms. The molecule has 0 N–H and O–H groups in total. The molecule has 2 atom stereocenters. The highest BCUT2D eigenvalue weighted by Gasteiger charge is 2.39. The maximum atomic E-state index is 12.4. The second kappa shape index (κ2) is 14.4. The first-order chi connectivity index (χ1) is 17.6. The number of carbonyl (C=O) groups excluding carboxylic acids is 6. The molecule has 0 fully saturated rings. The molecular weight excluding hydrogens is 488 g/mol. The van der Waals surface area contributed by atoms with Crippen LogP contribution in [0.4, 0.5) is 0 Å². The van der Waals surface area contributed by atoms with Crippen molar-refractivity contribution in [2.45, 2.75) is 46.2 Å². The summed E-state index contributed by atoms with van der Waals surface area (Å²) in [6, 6.07) is -2.00. The zero-order valence-electron chi connectivity index (χ0n) is 21.5. The second-order valence-corrected chi connectivity index (χ2v) is 9.05. The molecule has 0 saturated carbocycles. The lowest BCUT2D eigenvalue weighted by Crippen LogP contribution is -2.49. The van der Waals surface area contributed by atoms with E-state index in [0.29, 0.717) is 19.6 Å². The molecule has 2 aliphatic rings. The van der Waals surface area contributed by atoms with E-state index in [0.717, 1.165) is 34.1 Å². The van der Waals surface area contributed by atoms with Gasteiger partial charge >= 0.3 is 11.9 Å². The molecule has 0 bridgehead atoms. The lowest BCUT2D eigenvalue weighted by atomic mass is 10.0. The van der Waals surface area contributed by atoms with Gasteiger partial charge in [-0.3, -0.25) is 29.0 Å². The van der Waals surface area contributed by atoms with Gasteiger partial charge in [-0.1, -0.05) is 27.7 Å². The molecule has 0 spiro atoms. The van der Waals surface area contributed by atoms with Crippen molar-refractivity contribution in [3.05, 3.63) is 24.3 Å². The molecule has 4 amide bonds. The van der Waals surface area contributed by atoms with Crippen LogP contribution in [-0.2, 0) is 47.7 Å². The van der Waals surface area contributed by atoms with Gasteiger partial charge in [-0.25, -0.2) is 9.59 Å². The van der Waals surface area contributed by atoms with E-state index in [4.69, 9.17) is 18.9 Å². The van der Waals surface area contributed by atoms with E-state index in [1.165, 1.54) is 0 Å². The fraction of sp³-hybridized carbons (Fsp3) is 0.600. The molecule has 0 aliphatic carbocycles. The van der Waals surface area contributed by atoms with Crippen molar-refractivity contribution >= 4 is 35.6 Å². The number of esters is 2. The average molecular weight is 523 g/mol. The van der Waals surface area contributed by atoms with Crippen molar-refractivity contribution in [2.75, 3.05) is 39.6 Å². The molecule has 2 rings (SSSR count). The third-order valence-corrected chi connectivity index (χ3v) is 5.51. The molecule has 12 nitrogen and oxygen atoms in total. The predicted octanol–water partition coefficient (Wildman–Crippen LogP) is 0.395. The largest absolute Gasteiger partial charge is 0.462 e. The van der Waals surface area contributed by atoms with E-state index in [1.54, 1.807) is 27.7 Å². The number of nitrogens with zero attached hydrogens (tertiary/aromatic N) is 2. The Kier molecular flexibility index (Phi) is 11.6. The Labute approximate surface area is 215 Å². The van der Waals surface area contributed by atoms with Gasteiger partial charge in [0, 0.05) is 37.5 Å². The molecule has 0 aromatic heterocycles. The normalized spacial score (nSPS) is 16.9. The van der Waals surface area contributed by atoms with Crippen LogP contribution in [0.25, 0.3) is 0 Å². The van der Waals surface area contributed by atoms with Gasteiger partial charge < -0.3 is 18.9 Å². The van der Waals surface area contributed by atoms with Crippen LogP contribution in [0.2, 0.25) is 0 Å². The summed E-state index contributed by atoms with van der Waals surface area (Å²) in [6.45, 7) is 7.75. The summed E-state index contributed by atoms with van der Waals surface area (Å²) in [4.78, 5) is 74.0. The quantitative estimate of drug-likeness (QED) is 0.159. The minimum absolute atomic E-state index is 0.0307. The summed E-state index contributed by atoms with van der Waals surface area (Å²) >= 11 is 0. The molecule has 0 saturated heterocycles. The summed E-state index contributed by atoms with van der Waals surface area (Å²) in [5.74, 6) is -4.12. The summed E-state index contributed by atoms with van der Waals surface area (Å²) in [5, 5.41) is 0. The van der Waals surface area contributed by atoms with Gasteiger partial charge in [0.2, 0.25) is 0 Å². The third-order valence-electron chi connectivity index (χ3n) is 5.51. The highest BCUT2D eigenvalue weighted by atomic mass is 16.6. The van der Waals surface area contributed by atoms with Crippen LogP contribution in [0.15, 0.2) is 24.3 Å². The SMILES string of the molecule is CC(C)C(C(=O)OCCOCCCOCCOC(=O)C(C(C)C)N1C(=O)C=CC1=O)N1C(=O)C=CC1=O. The number of hydrogen-bond acceptors (Lipinski definition) is 10. The molecule has 2 aliphatic heterocycles. The lowest BCUT2D eigenvalue weighted by molar-refractivity contribution is -0.160. The second-order valence-electron chi connectivity index (χ2n) is 9.05. The Morgan fingerprint density at radius 1 is 0.595 bits per heavy atom. The highest BCUT2D eigenvalue weighted by molar-refractivity contribution is 6.15. The summed E-state index contributed by atoms with van der Waals surface area (Å²) in [5.41, 5.74) is 0. The predicted molar refractivity (Wildman–Crippen MR) is 127 cm³/mol. The molecule has 0 radical (unpaired) electrons. The molecular formula is C25H34N2O10. The maximum absolute atomic E-state index is 12.4. The van der Waals surface area contributed by atoms with Gasteiger partial charge in [0.1, 0.15) is 25.3 Å². The maximum Gasteiger partial charge on any atom is 0.329 e. The monoisotopic (exact) mass is 522 g/mol. The Hall–Kier alpha value is -3.38. The van der Waals surface area contributed by atoms with Crippen molar-refractivity contribution in [2.24, 2.45) is 11.8 Å². The number of imide groups is 2. The summed E-state index contributed by atoms with van der Waals surface area (Å²) < 4.78 is 21.1. The molecule has 0 aromatic rings. The molecule has 0 aromatic carbocycles. The van der Waals surface area contributed by atoms with Gasteiger partial charge in [-0.05, 0) is 18.3 Å². The Balaban J connectivity index is 1.55. The van der Waals surface area contributed by atoms with E-state index in [-0.39, 0.29) is 38.3 Å². The molecule has 2 unspecified atom stereocenters. The van der Waals surface area contributed by atoms with Gasteiger partial charge in [-0.15, -0.1) is 0 Å². The molecule has 204 valence electrons. The first-order valence-corrected chi connectivity index (χ1v) is 12.2. The standard InChI is InChI=1S/C25H34N2O10/c1-16(2)22(26-18(28)6-7-19(26)29)24(32)36-14-12-34-10-5-11-35-13-15-37-25(33)23(17(3)4)27-20(30)8-9-21(27)31/h6-9,16-17,22-23H,5,10-15H2,1-4H3. The molecule has 37 heavy (non-hydrogen) atoms. The van der Waals surface area contributed by atoms with Crippen molar-refractivity contribution < 1.29 is 47.7 Å². The van der Waals surface area contributed by atoms with Gasteiger partial charge in [-0.2, -0.15) is 0 Å². The fourth-order valence-corrected chi connectivity index (χ4v) is 3.76. The smallest absolute Gasteiger partial charge is 0.329 e. The summed E-state index contributed by atoms with van der Waals surface area (Å²) in [6.07, 6.45) is 5.03. The van der Waals surface area contributed by atoms with Gasteiger partial charge in [0.15, 0.2) is 0 Å². The highest BCUT2D eigenvalue weighted by Crippen LogP contribution is 2.19. The Morgan fingerprint density at radius 2 is 0.919 bits per heavy atom. The summed E-state index contributed by atoms with van der Waals surface area (Å²) in [7, 11) is 0. The number of rotatable bonds is 16. The number of carbonyl (C=O) groups is 6. The van der Waals surface area contributed by atoms with Crippen LogP contribution in [0.3, 0.4) is 0 Å². The van der Waals surface area contributed by atoms with Crippen molar-refractivity contribution in [3.63, 3.8) is 0 Å². The van der Waals surface area contributed by atoms with E-state index < -0.39 is 47.7 Å². The fourth-order valence-electron chi connectivity index (χ4n) is 3.76. The zero-order valence-corrected chi connectivity index (χ0v) is 21.5. The minimum Gasteiger partial charge on any atom is -0.462 e. The van der Waals surface area contributed by atoms with E-state index in [2.05, 4.69) is 0 Å². The van der Waals surface area contributed by atoms with Crippen LogP contribution >= 0.6 is 0 Å². The van der Waals surface area contributed by atoms with E-state index in [1.807, 2.05) is 0 Å². The third kappa shape index (κ3) is 8.32. The van der Waals surface area contributed by atoms with E-state index >= 15 is 0 Å². The van der Waals surface area contributed by atoms with Crippen molar-refractivity contribution in [1.82, 2.24) is 9.80 Å².